The summed E-state index contributed by atoms with van der Waals surface area (Å²) in [5.41, 5.74) is 5.64. The van der Waals surface area contributed by atoms with Crippen molar-refractivity contribution in [2.75, 3.05) is 19.6 Å². The van der Waals surface area contributed by atoms with Gasteiger partial charge in [-0.2, -0.15) is 0 Å². The van der Waals surface area contributed by atoms with Crippen LogP contribution in [0.15, 0.2) is 24.3 Å². The van der Waals surface area contributed by atoms with Crippen LogP contribution in [0.25, 0.3) is 10.1 Å². The van der Waals surface area contributed by atoms with Gasteiger partial charge in [-0.05, 0) is 48.5 Å². The Kier molecular flexibility index (Phi) is 3.24. The fraction of sp³-hybridized carbons (Fsp3) is 0.357. The lowest BCUT2D eigenvalue weighted by atomic mass is 10.1. The molecule has 0 spiro atoms. The first kappa shape index (κ1) is 12.6. The van der Waals surface area contributed by atoms with E-state index in [4.69, 9.17) is 5.73 Å². The predicted molar refractivity (Wildman–Crippen MR) is 74.8 cm³/mol. The zero-order valence-corrected chi connectivity index (χ0v) is 11.3. The second-order valence-electron chi connectivity index (χ2n) is 4.93. The summed E-state index contributed by atoms with van der Waals surface area (Å²) in [6, 6.07) is 6.39. The molecule has 1 aliphatic rings. The Morgan fingerprint density at radius 3 is 3.05 bits per heavy atom. The number of hydrogen-bond donors (Lipinski definition) is 1. The van der Waals surface area contributed by atoms with Crippen molar-refractivity contribution in [3.63, 3.8) is 0 Å². The summed E-state index contributed by atoms with van der Waals surface area (Å²) in [6.07, 6.45) is 0.974. The molecule has 1 aliphatic heterocycles. The fourth-order valence-corrected chi connectivity index (χ4v) is 3.50. The minimum absolute atomic E-state index is 0.0394. The SMILES string of the molecule is NCC1CCN(C(=O)c2cc3cc(F)ccc3s2)C1. The van der Waals surface area contributed by atoms with Gasteiger partial charge in [-0.25, -0.2) is 4.39 Å². The van der Waals surface area contributed by atoms with Gasteiger partial charge >= 0.3 is 0 Å². The van der Waals surface area contributed by atoms with Crippen molar-refractivity contribution >= 4 is 27.3 Å². The average Bonchev–Trinajstić information content (AvgIpc) is 3.03. The number of nitrogens with zero attached hydrogens (tertiary/aromatic N) is 1. The molecule has 1 amide bonds. The molecule has 1 saturated heterocycles. The lowest BCUT2D eigenvalue weighted by Gasteiger charge is -2.14. The maximum Gasteiger partial charge on any atom is 0.263 e. The molecule has 0 saturated carbocycles. The van der Waals surface area contributed by atoms with E-state index < -0.39 is 0 Å². The Labute approximate surface area is 114 Å². The lowest BCUT2D eigenvalue weighted by Crippen LogP contribution is -2.29. The van der Waals surface area contributed by atoms with Crippen LogP contribution in [-0.2, 0) is 0 Å². The van der Waals surface area contributed by atoms with Crippen LogP contribution in [-0.4, -0.2) is 30.4 Å². The lowest BCUT2D eigenvalue weighted by molar-refractivity contribution is 0.0792. The quantitative estimate of drug-likeness (QED) is 0.917. The highest BCUT2D eigenvalue weighted by Crippen LogP contribution is 2.28. The van der Waals surface area contributed by atoms with E-state index in [1.54, 1.807) is 12.1 Å². The smallest absolute Gasteiger partial charge is 0.263 e. The molecule has 1 aromatic carbocycles. The number of carbonyl (C=O) groups is 1. The molecule has 2 heterocycles. The van der Waals surface area contributed by atoms with Crippen LogP contribution < -0.4 is 5.73 Å². The number of halogens is 1. The van der Waals surface area contributed by atoms with Crippen molar-refractivity contribution in [2.45, 2.75) is 6.42 Å². The maximum absolute atomic E-state index is 13.1. The van der Waals surface area contributed by atoms with E-state index in [1.165, 1.54) is 23.5 Å². The Balaban J connectivity index is 1.86. The molecular formula is C14H15FN2OS. The summed E-state index contributed by atoms with van der Waals surface area (Å²) in [7, 11) is 0. The minimum atomic E-state index is -0.270. The van der Waals surface area contributed by atoms with Crippen LogP contribution in [0.2, 0.25) is 0 Å². The van der Waals surface area contributed by atoms with Crippen LogP contribution in [0.5, 0.6) is 0 Å². The normalized spacial score (nSPS) is 19.3. The largest absolute Gasteiger partial charge is 0.338 e. The molecule has 100 valence electrons. The highest BCUT2D eigenvalue weighted by molar-refractivity contribution is 7.20. The van der Waals surface area contributed by atoms with E-state index in [-0.39, 0.29) is 11.7 Å². The van der Waals surface area contributed by atoms with Crippen LogP contribution in [0.1, 0.15) is 16.1 Å². The highest BCUT2D eigenvalue weighted by Gasteiger charge is 2.26. The van der Waals surface area contributed by atoms with E-state index in [1.807, 2.05) is 4.90 Å². The molecule has 2 N–H and O–H groups in total. The van der Waals surface area contributed by atoms with E-state index in [0.717, 1.165) is 29.6 Å². The third-order valence-corrected chi connectivity index (χ3v) is 4.70. The van der Waals surface area contributed by atoms with Crippen LogP contribution in [0, 0.1) is 11.7 Å². The highest BCUT2D eigenvalue weighted by atomic mass is 32.1. The summed E-state index contributed by atoms with van der Waals surface area (Å²) in [6.45, 7) is 2.13. The minimum Gasteiger partial charge on any atom is -0.338 e. The van der Waals surface area contributed by atoms with E-state index in [9.17, 15) is 9.18 Å². The molecule has 1 atom stereocenters. The van der Waals surface area contributed by atoms with Gasteiger partial charge in [0.2, 0.25) is 0 Å². The Morgan fingerprint density at radius 2 is 2.32 bits per heavy atom. The third-order valence-electron chi connectivity index (χ3n) is 3.60. The molecule has 0 radical (unpaired) electrons. The first-order valence-electron chi connectivity index (χ1n) is 6.36. The topological polar surface area (TPSA) is 46.3 Å². The second kappa shape index (κ2) is 4.90. The van der Waals surface area contributed by atoms with Crippen molar-refractivity contribution in [1.29, 1.82) is 0 Å². The van der Waals surface area contributed by atoms with Crippen LogP contribution in [0.4, 0.5) is 4.39 Å². The summed E-state index contributed by atoms with van der Waals surface area (Å²) in [5, 5.41) is 0.794. The molecule has 19 heavy (non-hydrogen) atoms. The van der Waals surface area contributed by atoms with Gasteiger partial charge in [0, 0.05) is 17.8 Å². The van der Waals surface area contributed by atoms with Crippen molar-refractivity contribution in [2.24, 2.45) is 11.7 Å². The van der Waals surface area contributed by atoms with Gasteiger partial charge in [-0.3, -0.25) is 4.79 Å². The Hall–Kier alpha value is -1.46. The van der Waals surface area contributed by atoms with Crippen molar-refractivity contribution in [1.82, 2.24) is 4.90 Å². The molecule has 1 aromatic heterocycles. The van der Waals surface area contributed by atoms with E-state index in [0.29, 0.717) is 17.3 Å². The first-order chi connectivity index (χ1) is 9.17. The van der Waals surface area contributed by atoms with Crippen LogP contribution in [0.3, 0.4) is 0 Å². The number of likely N-dealkylation sites (tertiary alicyclic amines) is 1. The molecular weight excluding hydrogens is 263 g/mol. The number of rotatable bonds is 2. The van der Waals surface area contributed by atoms with Gasteiger partial charge in [-0.15, -0.1) is 11.3 Å². The van der Waals surface area contributed by atoms with Crippen molar-refractivity contribution in [3.05, 3.63) is 35.0 Å². The maximum atomic E-state index is 13.1. The molecule has 2 aromatic rings. The second-order valence-corrected chi connectivity index (χ2v) is 6.02. The zero-order chi connectivity index (χ0) is 13.4. The monoisotopic (exact) mass is 278 g/mol. The summed E-state index contributed by atoms with van der Waals surface area (Å²) < 4.78 is 14.1. The van der Waals surface area contributed by atoms with Crippen molar-refractivity contribution < 1.29 is 9.18 Å². The molecule has 3 nitrogen and oxygen atoms in total. The molecule has 5 heteroatoms. The van der Waals surface area contributed by atoms with E-state index >= 15 is 0 Å². The third kappa shape index (κ3) is 2.35. The molecule has 1 fully saturated rings. The van der Waals surface area contributed by atoms with Gasteiger partial charge in [0.05, 0.1) is 4.88 Å². The Bertz CT molecular complexity index is 625. The Morgan fingerprint density at radius 1 is 1.47 bits per heavy atom. The number of carbonyl (C=O) groups excluding carboxylic acids is 1. The van der Waals surface area contributed by atoms with Gasteiger partial charge in [0.15, 0.2) is 0 Å². The number of hydrogen-bond acceptors (Lipinski definition) is 3. The molecule has 1 unspecified atom stereocenters. The van der Waals surface area contributed by atoms with Gasteiger partial charge in [0.25, 0.3) is 5.91 Å². The molecule has 0 bridgehead atoms. The van der Waals surface area contributed by atoms with Gasteiger partial charge in [-0.1, -0.05) is 0 Å². The van der Waals surface area contributed by atoms with Crippen LogP contribution >= 0.6 is 11.3 Å². The average molecular weight is 278 g/mol. The number of nitrogens with two attached hydrogens (primary N) is 1. The van der Waals surface area contributed by atoms with Crippen molar-refractivity contribution in [3.8, 4) is 0 Å². The molecule has 0 aliphatic carbocycles. The van der Waals surface area contributed by atoms with Gasteiger partial charge < -0.3 is 10.6 Å². The number of amides is 1. The van der Waals surface area contributed by atoms with E-state index in [2.05, 4.69) is 0 Å². The predicted octanol–water partition coefficient (Wildman–Crippen LogP) is 2.46. The molecule has 3 rings (SSSR count). The zero-order valence-electron chi connectivity index (χ0n) is 10.4. The number of benzene rings is 1. The first-order valence-corrected chi connectivity index (χ1v) is 7.17. The summed E-state index contributed by atoms with van der Waals surface area (Å²) in [4.78, 5) is 14.9. The summed E-state index contributed by atoms with van der Waals surface area (Å²) in [5.74, 6) is 0.182. The fourth-order valence-electron chi connectivity index (χ4n) is 2.48. The number of thiophene rings is 1. The number of fused-ring (bicyclic) bond motifs is 1. The standard InChI is InChI=1S/C14H15FN2OS/c15-11-1-2-12-10(5-11)6-13(19-12)14(18)17-4-3-9(7-16)8-17/h1-2,5-6,9H,3-4,7-8,16H2. The van der Waals surface area contributed by atoms with Gasteiger partial charge in [0.1, 0.15) is 5.82 Å². The summed E-state index contributed by atoms with van der Waals surface area (Å²) >= 11 is 1.42.